The molecule has 2 aromatic carbocycles. The molecule has 0 saturated carbocycles. The Bertz CT molecular complexity index is 686. The van der Waals surface area contributed by atoms with E-state index in [4.69, 9.17) is 21.7 Å². The van der Waals surface area contributed by atoms with Gasteiger partial charge in [0.15, 0.2) is 5.11 Å². The van der Waals surface area contributed by atoms with Gasteiger partial charge in [-0.15, -0.1) is 0 Å². The summed E-state index contributed by atoms with van der Waals surface area (Å²) in [6, 6.07) is 13.9. The highest BCUT2D eigenvalue weighted by Crippen LogP contribution is 2.29. The van der Waals surface area contributed by atoms with Crippen LogP contribution in [0.15, 0.2) is 42.5 Å². The van der Waals surface area contributed by atoms with Crippen LogP contribution in [0.1, 0.15) is 31.7 Å². The molecule has 0 radical (unpaired) electrons. The molecule has 5 heteroatoms. The predicted octanol–water partition coefficient (Wildman–Crippen LogP) is 5.03. The van der Waals surface area contributed by atoms with E-state index in [-0.39, 0.29) is 0 Å². The molecule has 1 atom stereocenters. The van der Waals surface area contributed by atoms with Gasteiger partial charge in [0.05, 0.1) is 19.9 Å². The molecule has 0 aliphatic heterocycles. The largest absolute Gasteiger partial charge is 0.497 e. The first-order chi connectivity index (χ1) is 11.6. The van der Waals surface area contributed by atoms with Gasteiger partial charge in [-0.2, -0.15) is 0 Å². The number of rotatable bonds is 6. The van der Waals surface area contributed by atoms with E-state index in [0.29, 0.717) is 16.8 Å². The van der Waals surface area contributed by atoms with Crippen LogP contribution in [0.25, 0.3) is 0 Å². The van der Waals surface area contributed by atoms with Gasteiger partial charge in [-0.3, -0.25) is 0 Å². The van der Waals surface area contributed by atoms with Crippen molar-refractivity contribution in [2.75, 3.05) is 24.9 Å². The van der Waals surface area contributed by atoms with Crippen molar-refractivity contribution >= 4 is 28.7 Å². The monoisotopic (exact) mass is 344 g/mol. The van der Waals surface area contributed by atoms with Crippen LogP contribution in [-0.2, 0) is 0 Å². The second-order valence-corrected chi connectivity index (χ2v) is 5.98. The van der Waals surface area contributed by atoms with Crippen LogP contribution < -0.4 is 20.1 Å². The van der Waals surface area contributed by atoms with Crippen LogP contribution in [0, 0.1) is 0 Å². The molecule has 4 nitrogen and oxygen atoms in total. The molecule has 0 bridgehead atoms. The number of ether oxygens (including phenoxy) is 2. The van der Waals surface area contributed by atoms with Crippen molar-refractivity contribution in [3.63, 3.8) is 0 Å². The summed E-state index contributed by atoms with van der Waals surface area (Å²) in [5.74, 6) is 1.97. The summed E-state index contributed by atoms with van der Waals surface area (Å²) >= 11 is 5.39. The van der Waals surface area contributed by atoms with E-state index in [1.54, 1.807) is 14.2 Å². The Morgan fingerprint density at radius 2 is 1.75 bits per heavy atom. The highest BCUT2D eigenvalue weighted by Gasteiger charge is 2.07. The van der Waals surface area contributed by atoms with Gasteiger partial charge < -0.3 is 20.1 Å². The van der Waals surface area contributed by atoms with Gasteiger partial charge in [0.2, 0.25) is 0 Å². The van der Waals surface area contributed by atoms with Crippen molar-refractivity contribution in [3.05, 3.63) is 48.0 Å². The molecule has 0 aromatic heterocycles. The average Bonchev–Trinajstić information content (AvgIpc) is 2.61. The molecular weight excluding hydrogens is 320 g/mol. The molecule has 0 unspecified atom stereocenters. The Morgan fingerprint density at radius 3 is 2.33 bits per heavy atom. The molecular formula is C19H24N2O2S. The van der Waals surface area contributed by atoms with Crippen molar-refractivity contribution in [3.8, 4) is 11.5 Å². The maximum absolute atomic E-state index is 5.39. The summed E-state index contributed by atoms with van der Waals surface area (Å²) < 4.78 is 10.6. The third-order valence-corrected chi connectivity index (χ3v) is 4.21. The summed E-state index contributed by atoms with van der Waals surface area (Å²) in [6.45, 7) is 4.42. The molecule has 128 valence electrons. The van der Waals surface area contributed by atoms with Gasteiger partial charge in [-0.1, -0.05) is 26.0 Å². The molecule has 24 heavy (non-hydrogen) atoms. The molecule has 0 spiro atoms. The van der Waals surface area contributed by atoms with Gasteiger partial charge >= 0.3 is 0 Å². The topological polar surface area (TPSA) is 42.5 Å². The van der Waals surface area contributed by atoms with E-state index in [1.807, 2.05) is 30.3 Å². The Kier molecular flexibility index (Phi) is 6.44. The van der Waals surface area contributed by atoms with Crippen molar-refractivity contribution in [2.24, 2.45) is 0 Å². The van der Waals surface area contributed by atoms with Crippen LogP contribution in [0.3, 0.4) is 0 Å². The lowest BCUT2D eigenvalue weighted by Crippen LogP contribution is -2.19. The Hall–Kier alpha value is -2.27. The summed E-state index contributed by atoms with van der Waals surface area (Å²) in [5.41, 5.74) is 3.07. The van der Waals surface area contributed by atoms with Gasteiger partial charge in [0.1, 0.15) is 11.5 Å². The minimum Gasteiger partial charge on any atom is -0.497 e. The maximum atomic E-state index is 5.39. The highest BCUT2D eigenvalue weighted by atomic mass is 32.1. The maximum Gasteiger partial charge on any atom is 0.175 e. The molecule has 2 aromatic rings. The van der Waals surface area contributed by atoms with E-state index in [9.17, 15) is 0 Å². The SMILES string of the molecule is CC[C@H](C)c1ccc(NC(=S)Nc2ccc(OC)cc2OC)cc1. The molecule has 0 saturated heterocycles. The minimum absolute atomic E-state index is 0.509. The quantitative estimate of drug-likeness (QED) is 0.720. The Labute approximate surface area is 149 Å². The van der Waals surface area contributed by atoms with Crippen LogP contribution >= 0.6 is 12.2 Å². The molecule has 0 heterocycles. The first-order valence-corrected chi connectivity index (χ1v) is 8.38. The number of anilines is 2. The summed E-state index contributed by atoms with van der Waals surface area (Å²) in [5, 5.41) is 6.85. The third-order valence-electron chi connectivity index (χ3n) is 4.01. The highest BCUT2D eigenvalue weighted by molar-refractivity contribution is 7.80. The zero-order valence-corrected chi connectivity index (χ0v) is 15.4. The normalized spacial score (nSPS) is 11.5. The fourth-order valence-corrected chi connectivity index (χ4v) is 2.54. The number of benzene rings is 2. The zero-order valence-electron chi connectivity index (χ0n) is 14.6. The van der Waals surface area contributed by atoms with Gasteiger partial charge in [0, 0.05) is 11.8 Å². The van der Waals surface area contributed by atoms with Crippen molar-refractivity contribution in [2.45, 2.75) is 26.2 Å². The van der Waals surface area contributed by atoms with Gasteiger partial charge in [0.25, 0.3) is 0 Å². The third kappa shape index (κ3) is 4.61. The second kappa shape index (κ2) is 8.55. The number of thiocarbonyl (C=S) groups is 1. The number of hydrogen-bond acceptors (Lipinski definition) is 3. The molecule has 2 N–H and O–H groups in total. The lowest BCUT2D eigenvalue weighted by Gasteiger charge is -2.15. The molecule has 0 amide bonds. The predicted molar refractivity (Wildman–Crippen MR) is 105 cm³/mol. The van der Waals surface area contributed by atoms with Crippen LogP contribution in [0.4, 0.5) is 11.4 Å². The molecule has 2 rings (SSSR count). The first-order valence-electron chi connectivity index (χ1n) is 7.97. The summed E-state index contributed by atoms with van der Waals surface area (Å²) in [7, 11) is 3.24. The summed E-state index contributed by atoms with van der Waals surface area (Å²) in [4.78, 5) is 0. The van der Waals surface area contributed by atoms with E-state index < -0.39 is 0 Å². The minimum atomic E-state index is 0.509. The van der Waals surface area contributed by atoms with Crippen molar-refractivity contribution < 1.29 is 9.47 Å². The van der Waals surface area contributed by atoms with Crippen molar-refractivity contribution in [1.29, 1.82) is 0 Å². The van der Waals surface area contributed by atoms with Crippen molar-refractivity contribution in [1.82, 2.24) is 0 Å². The van der Waals surface area contributed by atoms with Gasteiger partial charge in [-0.25, -0.2) is 0 Å². The fourth-order valence-electron chi connectivity index (χ4n) is 2.32. The fraction of sp³-hybridized carbons (Fsp3) is 0.316. The number of nitrogens with one attached hydrogen (secondary N) is 2. The number of methoxy groups -OCH3 is 2. The standard InChI is InChI=1S/C19H24N2O2S/c1-5-13(2)14-6-8-15(9-7-14)20-19(24)21-17-11-10-16(22-3)12-18(17)23-4/h6-13H,5H2,1-4H3,(H2,20,21,24)/t13-/m0/s1. The van der Waals surface area contributed by atoms with Crippen LogP contribution in [0.5, 0.6) is 11.5 Å². The molecule has 0 aliphatic rings. The van der Waals surface area contributed by atoms with Crippen LogP contribution in [-0.4, -0.2) is 19.3 Å². The first kappa shape index (κ1) is 18.1. The van der Waals surface area contributed by atoms with E-state index in [2.05, 4.69) is 36.6 Å². The second-order valence-electron chi connectivity index (χ2n) is 5.58. The van der Waals surface area contributed by atoms with Crippen LogP contribution in [0.2, 0.25) is 0 Å². The van der Waals surface area contributed by atoms with Gasteiger partial charge in [-0.05, 0) is 54.4 Å². The smallest absolute Gasteiger partial charge is 0.175 e. The zero-order chi connectivity index (χ0) is 17.5. The lowest BCUT2D eigenvalue weighted by molar-refractivity contribution is 0.395. The van der Waals surface area contributed by atoms with E-state index in [0.717, 1.165) is 23.5 Å². The summed E-state index contributed by atoms with van der Waals surface area (Å²) in [6.07, 6.45) is 1.13. The molecule has 0 aliphatic carbocycles. The number of hydrogen-bond donors (Lipinski definition) is 2. The Morgan fingerprint density at radius 1 is 1.04 bits per heavy atom. The lowest BCUT2D eigenvalue weighted by atomic mass is 9.99. The Balaban J connectivity index is 2.03. The van der Waals surface area contributed by atoms with E-state index in [1.165, 1.54) is 5.56 Å². The molecule has 0 fully saturated rings. The average molecular weight is 344 g/mol. The van der Waals surface area contributed by atoms with E-state index >= 15 is 0 Å².